The number of thioether (sulfide) groups is 1. The van der Waals surface area contributed by atoms with E-state index < -0.39 is 6.10 Å². The van der Waals surface area contributed by atoms with Gasteiger partial charge in [0.05, 0.1) is 11.8 Å². The summed E-state index contributed by atoms with van der Waals surface area (Å²) >= 11 is 1.63. The number of H-pyrrole nitrogens is 1. The molecule has 1 aliphatic heterocycles. The number of aromatic nitrogens is 4. The highest BCUT2D eigenvalue weighted by atomic mass is 32.2. The highest BCUT2D eigenvalue weighted by Crippen LogP contribution is 2.28. The predicted octanol–water partition coefficient (Wildman–Crippen LogP) is 1.66. The molecular formula is C17H19FN6OS. The van der Waals surface area contributed by atoms with Crippen molar-refractivity contribution in [2.24, 2.45) is 5.92 Å². The van der Waals surface area contributed by atoms with Gasteiger partial charge in [-0.2, -0.15) is 5.10 Å². The molecule has 0 amide bonds. The van der Waals surface area contributed by atoms with Crippen LogP contribution in [-0.4, -0.2) is 55.1 Å². The Morgan fingerprint density at radius 3 is 2.85 bits per heavy atom. The van der Waals surface area contributed by atoms with Crippen molar-refractivity contribution < 1.29 is 9.50 Å². The standard InChI is InChI=1S/C17H19FN6OS/c18-11-1-3-12(4-2-11)26-8-10-5-24(7-14(10)25)6-13-15-16(23-22-13)17(19)21-9-20-15/h1-4,9-10,14,25H,5-8H2,(H,22,23)(H2,19,20,21)/t10-,14+/m0/s1. The van der Waals surface area contributed by atoms with Crippen LogP contribution in [0.3, 0.4) is 0 Å². The summed E-state index contributed by atoms with van der Waals surface area (Å²) in [6.45, 7) is 1.98. The van der Waals surface area contributed by atoms with Crippen molar-refractivity contribution in [2.45, 2.75) is 17.5 Å². The molecule has 1 aromatic carbocycles. The predicted molar refractivity (Wildman–Crippen MR) is 98.0 cm³/mol. The second-order valence-corrected chi connectivity index (χ2v) is 7.54. The molecule has 3 heterocycles. The molecule has 0 unspecified atom stereocenters. The number of hydrogen-bond donors (Lipinski definition) is 3. The maximum Gasteiger partial charge on any atom is 0.155 e. The number of nitrogen functional groups attached to an aromatic ring is 1. The number of benzene rings is 1. The molecule has 0 radical (unpaired) electrons. The van der Waals surface area contributed by atoms with Gasteiger partial charge in [0.2, 0.25) is 0 Å². The molecule has 4 rings (SSSR count). The highest BCUT2D eigenvalue weighted by molar-refractivity contribution is 7.99. The number of halogens is 1. The number of nitrogens with zero attached hydrogens (tertiary/aromatic N) is 4. The molecule has 4 N–H and O–H groups in total. The molecular weight excluding hydrogens is 355 g/mol. The van der Waals surface area contributed by atoms with Crippen molar-refractivity contribution in [3.8, 4) is 0 Å². The van der Waals surface area contributed by atoms with Gasteiger partial charge in [-0.15, -0.1) is 11.8 Å². The fourth-order valence-corrected chi connectivity index (χ4v) is 4.26. The Morgan fingerprint density at radius 1 is 1.23 bits per heavy atom. The van der Waals surface area contributed by atoms with Gasteiger partial charge < -0.3 is 10.8 Å². The second kappa shape index (κ2) is 7.18. The minimum absolute atomic E-state index is 0.152. The van der Waals surface area contributed by atoms with E-state index in [4.69, 9.17) is 5.73 Å². The third-order valence-corrected chi connectivity index (χ3v) is 5.78. The molecule has 1 saturated heterocycles. The molecule has 136 valence electrons. The monoisotopic (exact) mass is 374 g/mol. The number of aliphatic hydroxyl groups excluding tert-OH is 1. The van der Waals surface area contributed by atoms with Gasteiger partial charge in [0.1, 0.15) is 17.7 Å². The molecule has 0 spiro atoms. The second-order valence-electron chi connectivity index (χ2n) is 6.44. The van der Waals surface area contributed by atoms with Gasteiger partial charge in [0, 0.05) is 36.2 Å². The van der Waals surface area contributed by atoms with E-state index in [2.05, 4.69) is 25.1 Å². The SMILES string of the molecule is Nc1ncnc2c(CN3C[C@@H](CSc4ccc(F)cc4)[C@H](O)C3)[nH]nc12. The number of hydrogen-bond acceptors (Lipinski definition) is 7. The zero-order chi connectivity index (χ0) is 18.1. The summed E-state index contributed by atoms with van der Waals surface area (Å²) in [5.41, 5.74) is 7.97. The van der Waals surface area contributed by atoms with Crippen molar-refractivity contribution in [1.29, 1.82) is 0 Å². The van der Waals surface area contributed by atoms with Crippen molar-refractivity contribution in [2.75, 3.05) is 24.6 Å². The molecule has 0 bridgehead atoms. The average molecular weight is 374 g/mol. The lowest BCUT2D eigenvalue weighted by atomic mass is 10.1. The summed E-state index contributed by atoms with van der Waals surface area (Å²) in [6.07, 6.45) is 1.04. The van der Waals surface area contributed by atoms with Gasteiger partial charge in [0.25, 0.3) is 0 Å². The van der Waals surface area contributed by atoms with Gasteiger partial charge in [-0.3, -0.25) is 10.00 Å². The van der Waals surface area contributed by atoms with Crippen LogP contribution < -0.4 is 5.73 Å². The largest absolute Gasteiger partial charge is 0.391 e. The Labute approximate surface area is 153 Å². The third kappa shape index (κ3) is 3.50. The first-order chi connectivity index (χ1) is 12.6. The van der Waals surface area contributed by atoms with Crippen molar-refractivity contribution in [3.63, 3.8) is 0 Å². The van der Waals surface area contributed by atoms with Crippen LogP contribution in [0.25, 0.3) is 11.0 Å². The van der Waals surface area contributed by atoms with E-state index in [0.717, 1.165) is 28.4 Å². The molecule has 26 heavy (non-hydrogen) atoms. The Balaban J connectivity index is 1.38. The minimum Gasteiger partial charge on any atom is -0.391 e. The Kier molecular flexibility index (Phi) is 4.75. The van der Waals surface area contributed by atoms with Crippen molar-refractivity contribution in [3.05, 3.63) is 42.1 Å². The Hall–Kier alpha value is -2.23. The van der Waals surface area contributed by atoms with E-state index in [1.807, 2.05) is 0 Å². The fourth-order valence-electron chi connectivity index (χ4n) is 3.20. The first-order valence-electron chi connectivity index (χ1n) is 8.32. The van der Waals surface area contributed by atoms with Gasteiger partial charge in [-0.1, -0.05) is 0 Å². The van der Waals surface area contributed by atoms with Crippen LogP contribution in [0.5, 0.6) is 0 Å². The molecule has 7 nitrogen and oxygen atoms in total. The lowest BCUT2D eigenvalue weighted by Crippen LogP contribution is -2.21. The summed E-state index contributed by atoms with van der Waals surface area (Å²) < 4.78 is 13.0. The lowest BCUT2D eigenvalue weighted by molar-refractivity contribution is 0.149. The number of β-amino-alcohol motifs (C(OH)–C–C–N with tert-alkyl or cyclic N) is 1. The molecule has 0 saturated carbocycles. The molecule has 2 aromatic heterocycles. The number of likely N-dealkylation sites (tertiary alicyclic amines) is 1. The maximum atomic E-state index is 13.0. The highest BCUT2D eigenvalue weighted by Gasteiger charge is 2.31. The zero-order valence-electron chi connectivity index (χ0n) is 14.0. The molecule has 9 heteroatoms. The fraction of sp³-hybridized carbons (Fsp3) is 0.353. The smallest absolute Gasteiger partial charge is 0.155 e. The van der Waals surface area contributed by atoms with Crippen LogP contribution in [-0.2, 0) is 6.54 Å². The number of nitrogens with one attached hydrogen (secondary N) is 1. The number of rotatable bonds is 5. The Morgan fingerprint density at radius 2 is 2.04 bits per heavy atom. The molecule has 0 aliphatic carbocycles. The van der Waals surface area contributed by atoms with Gasteiger partial charge >= 0.3 is 0 Å². The van der Waals surface area contributed by atoms with Crippen LogP contribution in [0, 0.1) is 11.7 Å². The molecule has 3 aromatic rings. The van der Waals surface area contributed by atoms with Crippen molar-refractivity contribution in [1.82, 2.24) is 25.1 Å². The topological polar surface area (TPSA) is 104 Å². The van der Waals surface area contributed by atoms with Crippen LogP contribution in [0.2, 0.25) is 0 Å². The number of aromatic amines is 1. The number of fused-ring (bicyclic) bond motifs is 1. The van der Waals surface area contributed by atoms with Gasteiger partial charge in [0.15, 0.2) is 11.3 Å². The molecule has 1 aliphatic rings. The maximum absolute atomic E-state index is 13.0. The Bertz CT molecular complexity index is 902. The summed E-state index contributed by atoms with van der Waals surface area (Å²) in [4.78, 5) is 11.4. The van der Waals surface area contributed by atoms with Crippen LogP contribution in [0.4, 0.5) is 10.2 Å². The quantitative estimate of drug-likeness (QED) is 0.584. The van der Waals surface area contributed by atoms with Crippen molar-refractivity contribution >= 4 is 28.6 Å². The van der Waals surface area contributed by atoms with Crippen LogP contribution in [0.1, 0.15) is 5.69 Å². The molecule has 1 fully saturated rings. The normalized spacial score (nSPS) is 20.8. The first kappa shape index (κ1) is 17.2. The van der Waals surface area contributed by atoms with E-state index >= 15 is 0 Å². The zero-order valence-corrected chi connectivity index (χ0v) is 14.8. The lowest BCUT2D eigenvalue weighted by Gasteiger charge is -2.14. The van der Waals surface area contributed by atoms with Crippen LogP contribution in [0.15, 0.2) is 35.5 Å². The first-order valence-corrected chi connectivity index (χ1v) is 9.31. The average Bonchev–Trinajstić information content (AvgIpc) is 3.19. The van der Waals surface area contributed by atoms with E-state index in [0.29, 0.717) is 24.4 Å². The van der Waals surface area contributed by atoms with E-state index in [-0.39, 0.29) is 11.7 Å². The number of aliphatic hydroxyl groups is 1. The number of anilines is 1. The van der Waals surface area contributed by atoms with E-state index in [1.54, 1.807) is 23.9 Å². The van der Waals surface area contributed by atoms with E-state index in [1.165, 1.54) is 18.5 Å². The minimum atomic E-state index is -0.392. The van der Waals surface area contributed by atoms with Gasteiger partial charge in [-0.25, -0.2) is 14.4 Å². The van der Waals surface area contributed by atoms with E-state index in [9.17, 15) is 9.50 Å². The summed E-state index contributed by atoms with van der Waals surface area (Å²) in [7, 11) is 0. The molecule has 2 atom stereocenters. The summed E-state index contributed by atoms with van der Waals surface area (Å²) in [5, 5.41) is 17.5. The number of nitrogens with two attached hydrogens (primary N) is 1. The van der Waals surface area contributed by atoms with Crippen LogP contribution >= 0.6 is 11.8 Å². The summed E-state index contributed by atoms with van der Waals surface area (Å²) in [5.74, 6) is 1.05. The third-order valence-electron chi connectivity index (χ3n) is 4.58. The van der Waals surface area contributed by atoms with Gasteiger partial charge in [-0.05, 0) is 24.3 Å². The summed E-state index contributed by atoms with van der Waals surface area (Å²) in [6, 6.07) is 6.44.